The Hall–Kier alpha value is -2.96. The van der Waals surface area contributed by atoms with Crippen LogP contribution in [-0.2, 0) is 11.2 Å². The summed E-state index contributed by atoms with van der Waals surface area (Å²) in [5.74, 6) is -0.568. The van der Waals surface area contributed by atoms with E-state index in [1.165, 1.54) is 16.8 Å². The van der Waals surface area contributed by atoms with Crippen LogP contribution >= 0.6 is 0 Å². The molecule has 0 bridgehead atoms. The molecule has 5 nitrogen and oxygen atoms in total. The Bertz CT molecular complexity index is 1230. The summed E-state index contributed by atoms with van der Waals surface area (Å²) < 4.78 is 19.8. The first-order chi connectivity index (χ1) is 16.4. The van der Waals surface area contributed by atoms with E-state index >= 15 is 0 Å². The molecular weight excluding hydrogens is 429 g/mol. The molecule has 0 unspecified atom stereocenters. The topological polar surface area (TPSA) is 58.8 Å². The highest BCUT2D eigenvalue weighted by molar-refractivity contribution is 5.95. The van der Waals surface area contributed by atoms with Gasteiger partial charge in [0.2, 0.25) is 5.91 Å². The van der Waals surface area contributed by atoms with Gasteiger partial charge in [-0.1, -0.05) is 18.2 Å². The maximum Gasteiger partial charge on any atom is 0.248 e. The first-order valence-electron chi connectivity index (χ1n) is 12.1. The third-order valence-corrected chi connectivity index (χ3v) is 7.39. The van der Waals surface area contributed by atoms with Crippen LogP contribution in [0.1, 0.15) is 46.5 Å². The minimum absolute atomic E-state index is 0.0440. The van der Waals surface area contributed by atoms with E-state index in [0.29, 0.717) is 18.2 Å². The van der Waals surface area contributed by atoms with Crippen molar-refractivity contribution in [2.75, 3.05) is 37.7 Å². The molecule has 2 aliphatic rings. The zero-order valence-corrected chi connectivity index (χ0v) is 19.9. The quantitative estimate of drug-likeness (QED) is 0.603. The van der Waals surface area contributed by atoms with E-state index in [1.807, 2.05) is 31.2 Å². The Kier molecular flexibility index (Phi) is 6.28. The number of rotatable bonds is 5. The number of hydrogen-bond donors (Lipinski definition) is 1. The lowest BCUT2D eigenvalue weighted by Gasteiger charge is -2.42. The van der Waals surface area contributed by atoms with E-state index in [9.17, 15) is 9.18 Å². The van der Waals surface area contributed by atoms with Gasteiger partial charge in [0.25, 0.3) is 0 Å². The minimum Gasteiger partial charge on any atom is -0.373 e. The smallest absolute Gasteiger partial charge is 0.248 e. The molecule has 0 radical (unpaired) electrons. The first kappa shape index (κ1) is 22.8. The lowest BCUT2D eigenvalue weighted by atomic mass is 9.90. The predicted molar refractivity (Wildman–Crippen MR) is 134 cm³/mol. The largest absolute Gasteiger partial charge is 0.373 e. The number of primary amides is 1. The van der Waals surface area contributed by atoms with Crippen LogP contribution in [0.2, 0.25) is 0 Å². The van der Waals surface area contributed by atoms with Crippen LogP contribution in [0.15, 0.2) is 48.5 Å². The number of ether oxygens (including phenoxy) is 1. The molecule has 2 N–H and O–H groups in total. The fourth-order valence-corrected chi connectivity index (χ4v) is 5.54. The van der Waals surface area contributed by atoms with Gasteiger partial charge in [0.05, 0.1) is 12.7 Å². The van der Waals surface area contributed by atoms with E-state index in [0.717, 1.165) is 55.4 Å². The highest BCUT2D eigenvalue weighted by Crippen LogP contribution is 2.33. The van der Waals surface area contributed by atoms with Crippen LogP contribution in [0.25, 0.3) is 10.8 Å². The summed E-state index contributed by atoms with van der Waals surface area (Å²) in [6, 6.07) is 15.6. The molecule has 3 aromatic rings. The Balaban J connectivity index is 1.26. The Morgan fingerprint density at radius 2 is 2.03 bits per heavy atom. The molecule has 0 aromatic heterocycles. The molecule has 34 heavy (non-hydrogen) atoms. The number of carbonyl (C=O) groups is 1. The number of amides is 1. The summed E-state index contributed by atoms with van der Waals surface area (Å²) >= 11 is 0. The highest BCUT2D eigenvalue weighted by atomic mass is 19.1. The fourth-order valence-electron chi connectivity index (χ4n) is 5.54. The van der Waals surface area contributed by atoms with Crippen molar-refractivity contribution >= 4 is 22.4 Å². The van der Waals surface area contributed by atoms with Crippen LogP contribution in [0, 0.1) is 12.7 Å². The Labute approximate surface area is 200 Å². The molecule has 0 aliphatic carbocycles. The van der Waals surface area contributed by atoms with Gasteiger partial charge in [0.15, 0.2) is 0 Å². The molecular formula is C28H32FN3O2. The van der Waals surface area contributed by atoms with E-state index < -0.39 is 0 Å². The number of piperazine rings is 1. The van der Waals surface area contributed by atoms with Gasteiger partial charge < -0.3 is 15.4 Å². The van der Waals surface area contributed by atoms with Gasteiger partial charge in [0, 0.05) is 48.9 Å². The van der Waals surface area contributed by atoms with Crippen molar-refractivity contribution in [1.82, 2.24) is 4.90 Å². The van der Waals surface area contributed by atoms with Gasteiger partial charge in [-0.3, -0.25) is 9.69 Å². The SMILES string of the molecule is Cc1cc2c(cc1C(N)=O)CCO[C@H]2CCN1CCN(c2cccc3cc(F)ccc23)C[C@H]1C. The Morgan fingerprint density at radius 3 is 2.82 bits per heavy atom. The van der Waals surface area contributed by atoms with Crippen molar-refractivity contribution in [2.45, 2.75) is 38.8 Å². The minimum atomic E-state index is -0.369. The zero-order valence-electron chi connectivity index (χ0n) is 19.9. The average molecular weight is 462 g/mol. The summed E-state index contributed by atoms with van der Waals surface area (Å²) in [4.78, 5) is 16.7. The second-order valence-corrected chi connectivity index (χ2v) is 9.60. The molecule has 1 saturated heterocycles. The molecule has 2 atom stereocenters. The number of benzene rings is 3. The normalized spacial score (nSPS) is 21.0. The van der Waals surface area contributed by atoms with Crippen molar-refractivity contribution in [3.8, 4) is 0 Å². The number of anilines is 1. The first-order valence-corrected chi connectivity index (χ1v) is 12.1. The molecule has 0 spiro atoms. The lowest BCUT2D eigenvalue weighted by molar-refractivity contribution is 0.0254. The standard InChI is InChI=1S/C28H32FN3O2/c1-18-14-25-21(16-24(18)28(30)33)9-13-34-27(25)8-10-31-11-12-32(17-19(31)2)26-5-3-4-20-15-22(29)6-7-23(20)26/h3-7,14-16,19,27H,8-13,17H2,1-2H3,(H2,30,33)/t19-,27+/m1/s1. The van der Waals surface area contributed by atoms with Gasteiger partial charge in [-0.2, -0.15) is 0 Å². The van der Waals surface area contributed by atoms with Crippen LogP contribution in [0.5, 0.6) is 0 Å². The molecule has 1 amide bonds. The van der Waals surface area contributed by atoms with Crippen LogP contribution in [-0.4, -0.2) is 49.6 Å². The maximum absolute atomic E-state index is 13.7. The predicted octanol–water partition coefficient (Wildman–Crippen LogP) is 4.60. The zero-order chi connectivity index (χ0) is 23.8. The molecule has 2 heterocycles. The van der Waals surface area contributed by atoms with Gasteiger partial charge in [-0.25, -0.2) is 4.39 Å². The molecule has 6 heteroatoms. The number of halogens is 1. The summed E-state index contributed by atoms with van der Waals surface area (Å²) in [5, 5.41) is 2.04. The maximum atomic E-state index is 13.7. The van der Waals surface area contributed by atoms with Crippen molar-refractivity contribution in [2.24, 2.45) is 5.73 Å². The number of carbonyl (C=O) groups excluding carboxylic acids is 1. The van der Waals surface area contributed by atoms with Crippen molar-refractivity contribution in [1.29, 1.82) is 0 Å². The number of fused-ring (bicyclic) bond motifs is 2. The van der Waals surface area contributed by atoms with Crippen LogP contribution in [0.4, 0.5) is 10.1 Å². The summed E-state index contributed by atoms with van der Waals surface area (Å²) in [7, 11) is 0. The third kappa shape index (κ3) is 4.40. The summed E-state index contributed by atoms with van der Waals surface area (Å²) in [5.41, 5.74) is 10.6. The number of aryl methyl sites for hydroxylation is 1. The lowest BCUT2D eigenvalue weighted by Crippen LogP contribution is -2.52. The fraction of sp³-hybridized carbons (Fsp3) is 0.393. The van der Waals surface area contributed by atoms with Gasteiger partial charge in [-0.15, -0.1) is 0 Å². The van der Waals surface area contributed by atoms with Crippen LogP contribution in [0.3, 0.4) is 0 Å². The van der Waals surface area contributed by atoms with Gasteiger partial charge in [0.1, 0.15) is 5.82 Å². The van der Waals surface area contributed by atoms with E-state index in [1.54, 1.807) is 12.1 Å². The van der Waals surface area contributed by atoms with E-state index in [-0.39, 0.29) is 17.8 Å². The van der Waals surface area contributed by atoms with Crippen molar-refractivity contribution in [3.63, 3.8) is 0 Å². The molecule has 0 saturated carbocycles. The number of hydrogen-bond acceptors (Lipinski definition) is 4. The monoisotopic (exact) mass is 461 g/mol. The van der Waals surface area contributed by atoms with Crippen molar-refractivity contribution in [3.05, 3.63) is 76.6 Å². The second kappa shape index (κ2) is 9.35. The summed E-state index contributed by atoms with van der Waals surface area (Å²) in [6.45, 7) is 8.67. The molecule has 1 fully saturated rings. The van der Waals surface area contributed by atoms with E-state index in [2.05, 4.69) is 28.9 Å². The summed E-state index contributed by atoms with van der Waals surface area (Å²) in [6.07, 6.45) is 1.78. The third-order valence-electron chi connectivity index (χ3n) is 7.39. The van der Waals surface area contributed by atoms with Crippen LogP contribution < -0.4 is 10.6 Å². The molecule has 2 aliphatic heterocycles. The average Bonchev–Trinajstić information content (AvgIpc) is 2.82. The molecule has 178 valence electrons. The second-order valence-electron chi connectivity index (χ2n) is 9.60. The van der Waals surface area contributed by atoms with Gasteiger partial charge >= 0.3 is 0 Å². The number of nitrogens with two attached hydrogens (primary N) is 1. The molecule has 3 aromatic carbocycles. The molecule has 5 rings (SSSR count). The Morgan fingerprint density at radius 1 is 1.18 bits per heavy atom. The van der Waals surface area contributed by atoms with Crippen molar-refractivity contribution < 1.29 is 13.9 Å². The van der Waals surface area contributed by atoms with Gasteiger partial charge in [-0.05, 0) is 79.1 Å². The van der Waals surface area contributed by atoms with E-state index in [4.69, 9.17) is 10.5 Å². The highest BCUT2D eigenvalue weighted by Gasteiger charge is 2.28. The number of nitrogens with zero attached hydrogens (tertiary/aromatic N) is 2.